The van der Waals surface area contributed by atoms with E-state index in [1.165, 1.54) is 4.90 Å². The van der Waals surface area contributed by atoms with E-state index in [4.69, 9.17) is 12.2 Å². The molecule has 2 N–H and O–H groups in total. The van der Waals surface area contributed by atoms with Crippen molar-refractivity contribution in [1.29, 1.82) is 0 Å². The van der Waals surface area contributed by atoms with Crippen molar-refractivity contribution in [2.45, 2.75) is 12.5 Å². The molecule has 2 aliphatic heterocycles. The first-order chi connectivity index (χ1) is 9.02. The van der Waals surface area contributed by atoms with Crippen molar-refractivity contribution in [2.75, 3.05) is 44.2 Å². The third kappa shape index (κ3) is 3.90. The van der Waals surface area contributed by atoms with Crippen LogP contribution < -0.4 is 10.2 Å². The molecule has 0 aromatic carbocycles. The lowest BCUT2D eigenvalue weighted by atomic mass is 10.2. The maximum atomic E-state index is 11.5. The highest BCUT2D eigenvalue weighted by Gasteiger charge is 2.36. The lowest BCUT2D eigenvalue weighted by Crippen LogP contribution is -3.18. The van der Waals surface area contributed by atoms with E-state index in [1.54, 1.807) is 6.08 Å². The Labute approximate surface area is 120 Å². The Morgan fingerprint density at radius 2 is 2.16 bits per heavy atom. The Kier molecular flexibility index (Phi) is 4.81. The average Bonchev–Trinajstić information content (AvgIpc) is 2.76. The van der Waals surface area contributed by atoms with Crippen molar-refractivity contribution in [1.82, 2.24) is 10.2 Å². The molecule has 5 nitrogen and oxygen atoms in total. The molecule has 0 aromatic rings. The van der Waals surface area contributed by atoms with Crippen LogP contribution in [0.5, 0.6) is 0 Å². The van der Waals surface area contributed by atoms with Crippen molar-refractivity contribution in [3.05, 3.63) is 12.7 Å². The predicted molar refractivity (Wildman–Crippen MR) is 80.1 cm³/mol. The molecule has 7 heteroatoms. The monoisotopic (exact) mass is 304 g/mol. The van der Waals surface area contributed by atoms with Gasteiger partial charge in [0.2, 0.25) is 0 Å². The van der Waals surface area contributed by atoms with Crippen LogP contribution in [0.25, 0.3) is 0 Å². The summed E-state index contributed by atoms with van der Waals surface area (Å²) in [6.45, 7) is 8.07. The van der Waals surface area contributed by atoms with Gasteiger partial charge in [0.05, 0.1) is 31.9 Å². The van der Waals surface area contributed by atoms with Gasteiger partial charge in [-0.25, -0.2) is 8.42 Å². The summed E-state index contributed by atoms with van der Waals surface area (Å²) in [4.78, 5) is 3.58. The molecule has 2 fully saturated rings. The molecule has 0 bridgehead atoms. The Balaban J connectivity index is 1.79. The molecule has 0 radical (unpaired) electrons. The van der Waals surface area contributed by atoms with Crippen LogP contribution in [0.15, 0.2) is 12.7 Å². The van der Waals surface area contributed by atoms with Crippen molar-refractivity contribution in [2.24, 2.45) is 0 Å². The van der Waals surface area contributed by atoms with Gasteiger partial charge in [-0.2, -0.15) is 0 Å². The second kappa shape index (κ2) is 6.19. The molecule has 2 aliphatic rings. The highest BCUT2D eigenvalue weighted by atomic mass is 32.2. The van der Waals surface area contributed by atoms with Gasteiger partial charge in [0, 0.05) is 13.0 Å². The van der Waals surface area contributed by atoms with E-state index < -0.39 is 9.84 Å². The third-order valence-corrected chi connectivity index (χ3v) is 6.07. The van der Waals surface area contributed by atoms with Crippen molar-refractivity contribution in [3.63, 3.8) is 0 Å². The number of thiocarbonyl (C=S) groups is 1. The highest BCUT2D eigenvalue weighted by molar-refractivity contribution is 7.91. The summed E-state index contributed by atoms with van der Waals surface area (Å²) in [5, 5.41) is 3.91. The van der Waals surface area contributed by atoms with E-state index in [1.807, 2.05) is 0 Å². The zero-order valence-electron chi connectivity index (χ0n) is 11.1. The van der Waals surface area contributed by atoms with E-state index >= 15 is 0 Å². The van der Waals surface area contributed by atoms with Gasteiger partial charge in [-0.3, -0.25) is 0 Å². The normalized spacial score (nSPS) is 27.2. The minimum atomic E-state index is -2.77. The molecule has 0 spiro atoms. The summed E-state index contributed by atoms with van der Waals surface area (Å²) in [6, 6.07) is 0.293. The van der Waals surface area contributed by atoms with Crippen LogP contribution in [0.4, 0.5) is 0 Å². The molecule has 108 valence electrons. The lowest BCUT2D eigenvalue weighted by molar-refractivity contribution is -0.925. The number of quaternary nitrogens is 1. The van der Waals surface area contributed by atoms with Gasteiger partial charge in [0.1, 0.15) is 11.8 Å². The van der Waals surface area contributed by atoms with Crippen molar-refractivity contribution in [3.8, 4) is 0 Å². The first kappa shape index (κ1) is 14.7. The smallest absolute Gasteiger partial charge is 0.169 e. The Hall–Kier alpha value is -0.660. The Bertz CT molecular complexity index is 442. The largest absolute Gasteiger partial charge is 0.359 e. The predicted octanol–water partition coefficient (Wildman–Crippen LogP) is -1.57. The van der Waals surface area contributed by atoms with Crippen molar-refractivity contribution >= 4 is 27.2 Å². The van der Waals surface area contributed by atoms with Crippen molar-refractivity contribution < 1.29 is 13.3 Å². The molecule has 0 amide bonds. The van der Waals surface area contributed by atoms with E-state index in [2.05, 4.69) is 16.8 Å². The van der Waals surface area contributed by atoms with Gasteiger partial charge >= 0.3 is 0 Å². The van der Waals surface area contributed by atoms with Crippen LogP contribution in [-0.4, -0.2) is 68.7 Å². The van der Waals surface area contributed by atoms with Gasteiger partial charge in [-0.05, 0) is 12.2 Å². The number of nitrogens with zero attached hydrogens (tertiary/aromatic N) is 1. The quantitative estimate of drug-likeness (QED) is 0.488. The second-order valence-electron chi connectivity index (χ2n) is 5.22. The summed E-state index contributed by atoms with van der Waals surface area (Å²) in [6.07, 6.45) is 2.61. The standard InChI is InChI=1S/C12H21N3O2S2/c1-2-4-13-12(18)15-7-5-14(6-8-15)11-3-9-19(16,17)10-11/h2,11H,1,3-10H2,(H,13,18)/p+1/t11-/m0/s1. The lowest BCUT2D eigenvalue weighted by Gasteiger charge is -2.36. The summed E-state index contributed by atoms with van der Waals surface area (Å²) < 4.78 is 23.0. The number of sulfone groups is 1. The summed E-state index contributed by atoms with van der Waals surface area (Å²) in [5.74, 6) is 0.728. The van der Waals surface area contributed by atoms with E-state index in [-0.39, 0.29) is 0 Å². The van der Waals surface area contributed by atoms with Gasteiger partial charge in [-0.1, -0.05) is 6.08 Å². The molecular weight excluding hydrogens is 282 g/mol. The SMILES string of the molecule is C=CCNC(=S)N1CC[NH+]([C@H]2CCS(=O)(=O)C2)CC1. The maximum absolute atomic E-state index is 11.5. The van der Waals surface area contributed by atoms with Crippen LogP contribution in [0.1, 0.15) is 6.42 Å². The molecule has 2 heterocycles. The van der Waals surface area contributed by atoms with Crippen LogP contribution >= 0.6 is 12.2 Å². The average molecular weight is 304 g/mol. The van der Waals surface area contributed by atoms with Crippen LogP contribution in [-0.2, 0) is 9.84 Å². The fraction of sp³-hybridized carbons (Fsp3) is 0.750. The number of nitrogens with one attached hydrogen (secondary N) is 2. The molecule has 0 aliphatic carbocycles. The maximum Gasteiger partial charge on any atom is 0.169 e. The number of piperazine rings is 1. The van der Waals surface area contributed by atoms with E-state index in [9.17, 15) is 8.42 Å². The Morgan fingerprint density at radius 1 is 1.47 bits per heavy atom. The molecule has 0 saturated carbocycles. The molecule has 19 heavy (non-hydrogen) atoms. The van der Waals surface area contributed by atoms with Gasteiger partial charge in [0.25, 0.3) is 0 Å². The molecule has 1 atom stereocenters. The summed E-state index contributed by atoms with van der Waals surface area (Å²) in [5.41, 5.74) is 0. The van der Waals surface area contributed by atoms with Crippen LogP contribution in [0.3, 0.4) is 0 Å². The van der Waals surface area contributed by atoms with Crippen LogP contribution in [0.2, 0.25) is 0 Å². The zero-order valence-corrected chi connectivity index (χ0v) is 12.7. The summed E-state index contributed by atoms with van der Waals surface area (Å²) >= 11 is 5.31. The number of rotatable bonds is 3. The minimum Gasteiger partial charge on any atom is -0.359 e. The molecule has 0 unspecified atom stereocenters. The molecule has 2 rings (SSSR count). The fourth-order valence-corrected chi connectivity index (χ4v) is 4.89. The van der Waals surface area contributed by atoms with Gasteiger partial charge in [0.15, 0.2) is 14.9 Å². The first-order valence-electron chi connectivity index (χ1n) is 6.70. The summed E-state index contributed by atoms with van der Waals surface area (Å²) in [7, 11) is -2.77. The molecular formula is C12H22N3O2S2+. The van der Waals surface area contributed by atoms with E-state index in [0.29, 0.717) is 24.1 Å². The van der Waals surface area contributed by atoms with Gasteiger partial charge in [-0.15, -0.1) is 6.58 Å². The second-order valence-corrected chi connectivity index (χ2v) is 7.84. The van der Waals surface area contributed by atoms with Gasteiger partial charge < -0.3 is 15.1 Å². The number of hydrogen-bond donors (Lipinski definition) is 2. The van der Waals surface area contributed by atoms with E-state index in [0.717, 1.165) is 37.7 Å². The molecule has 2 saturated heterocycles. The minimum absolute atomic E-state index is 0.293. The molecule has 0 aromatic heterocycles. The van der Waals surface area contributed by atoms with Crippen LogP contribution in [0, 0.1) is 0 Å². The number of hydrogen-bond acceptors (Lipinski definition) is 3. The third-order valence-electron chi connectivity index (χ3n) is 3.90. The Morgan fingerprint density at radius 3 is 2.68 bits per heavy atom. The zero-order chi connectivity index (χ0) is 13.9. The first-order valence-corrected chi connectivity index (χ1v) is 8.93. The highest BCUT2D eigenvalue weighted by Crippen LogP contribution is 2.09. The fourth-order valence-electron chi connectivity index (χ4n) is 2.79. The topological polar surface area (TPSA) is 53.9 Å².